The Balaban J connectivity index is 1.96. The molecule has 1 saturated heterocycles. The highest BCUT2D eigenvalue weighted by Gasteiger charge is 2.24. The summed E-state index contributed by atoms with van der Waals surface area (Å²) in [6.45, 7) is 8.50. The summed E-state index contributed by atoms with van der Waals surface area (Å²) < 4.78 is 5.47. The summed E-state index contributed by atoms with van der Waals surface area (Å²) in [6.07, 6.45) is 2.33. The van der Waals surface area contributed by atoms with E-state index in [4.69, 9.17) is 4.74 Å². The van der Waals surface area contributed by atoms with Crippen LogP contribution in [0.2, 0.25) is 0 Å². The Morgan fingerprint density at radius 3 is 2.52 bits per heavy atom. The quantitative estimate of drug-likeness (QED) is 0.835. The molecule has 0 aromatic heterocycles. The van der Waals surface area contributed by atoms with Crippen LogP contribution in [0.4, 0.5) is 0 Å². The summed E-state index contributed by atoms with van der Waals surface area (Å²) >= 11 is 0. The largest absolute Gasteiger partial charge is 0.381 e. The molecule has 1 N–H and O–H groups in total. The SMILES string of the molecule is CCNC(c1ccccc1)C(C)CN(C)C1CCOCC1. The van der Waals surface area contributed by atoms with Gasteiger partial charge >= 0.3 is 0 Å². The number of benzene rings is 1. The number of nitrogens with zero attached hydrogens (tertiary/aromatic N) is 1. The van der Waals surface area contributed by atoms with Crippen LogP contribution in [0.5, 0.6) is 0 Å². The van der Waals surface area contributed by atoms with Gasteiger partial charge in [0.2, 0.25) is 0 Å². The number of hydrogen-bond donors (Lipinski definition) is 1. The minimum absolute atomic E-state index is 0.429. The van der Waals surface area contributed by atoms with Crippen molar-refractivity contribution in [3.63, 3.8) is 0 Å². The molecule has 0 bridgehead atoms. The standard InChI is InChI=1S/C18H30N2O/c1-4-19-18(16-8-6-5-7-9-16)15(2)14-20(3)17-10-12-21-13-11-17/h5-9,15,17-19H,4,10-14H2,1-3H3. The van der Waals surface area contributed by atoms with Crippen LogP contribution in [0.1, 0.15) is 38.3 Å². The minimum atomic E-state index is 0.429. The molecular formula is C18H30N2O. The van der Waals surface area contributed by atoms with E-state index < -0.39 is 0 Å². The van der Waals surface area contributed by atoms with Gasteiger partial charge in [-0.05, 0) is 37.9 Å². The van der Waals surface area contributed by atoms with Crippen LogP contribution >= 0.6 is 0 Å². The van der Waals surface area contributed by atoms with Gasteiger partial charge in [0.15, 0.2) is 0 Å². The second-order valence-electron chi connectivity index (χ2n) is 6.21. The van der Waals surface area contributed by atoms with Gasteiger partial charge in [-0.15, -0.1) is 0 Å². The third-order valence-corrected chi connectivity index (χ3v) is 4.54. The zero-order valence-electron chi connectivity index (χ0n) is 13.7. The summed E-state index contributed by atoms with van der Waals surface area (Å²) in [7, 11) is 2.26. The first kappa shape index (κ1) is 16.5. The fraction of sp³-hybridized carbons (Fsp3) is 0.667. The van der Waals surface area contributed by atoms with Crippen molar-refractivity contribution in [1.82, 2.24) is 10.2 Å². The van der Waals surface area contributed by atoms with Crippen molar-refractivity contribution in [3.8, 4) is 0 Å². The van der Waals surface area contributed by atoms with E-state index in [-0.39, 0.29) is 0 Å². The number of hydrogen-bond acceptors (Lipinski definition) is 3. The maximum atomic E-state index is 5.47. The van der Waals surface area contributed by atoms with Crippen LogP contribution in [0.15, 0.2) is 30.3 Å². The average Bonchev–Trinajstić information content (AvgIpc) is 2.54. The first-order valence-electron chi connectivity index (χ1n) is 8.28. The smallest absolute Gasteiger partial charge is 0.0480 e. The predicted octanol–water partition coefficient (Wildman–Crippen LogP) is 3.08. The first-order valence-corrected chi connectivity index (χ1v) is 8.28. The van der Waals surface area contributed by atoms with Crippen molar-refractivity contribution in [2.24, 2.45) is 5.92 Å². The topological polar surface area (TPSA) is 24.5 Å². The molecule has 3 heteroatoms. The van der Waals surface area contributed by atoms with Gasteiger partial charge in [-0.2, -0.15) is 0 Å². The third-order valence-electron chi connectivity index (χ3n) is 4.54. The molecule has 1 aromatic carbocycles. The lowest BCUT2D eigenvalue weighted by Crippen LogP contribution is -2.41. The second-order valence-corrected chi connectivity index (χ2v) is 6.21. The minimum Gasteiger partial charge on any atom is -0.381 e. The lowest BCUT2D eigenvalue weighted by atomic mass is 9.93. The van der Waals surface area contributed by atoms with Crippen molar-refractivity contribution in [2.45, 2.75) is 38.8 Å². The van der Waals surface area contributed by atoms with E-state index >= 15 is 0 Å². The van der Waals surface area contributed by atoms with E-state index in [1.807, 2.05) is 0 Å². The average molecular weight is 290 g/mol. The lowest BCUT2D eigenvalue weighted by Gasteiger charge is -2.35. The fourth-order valence-electron chi connectivity index (χ4n) is 3.36. The molecule has 2 unspecified atom stereocenters. The van der Waals surface area contributed by atoms with E-state index in [2.05, 4.69) is 61.4 Å². The first-order chi connectivity index (χ1) is 10.2. The Hall–Kier alpha value is -0.900. The van der Waals surface area contributed by atoms with Gasteiger partial charge in [0.05, 0.1) is 0 Å². The molecule has 0 aliphatic carbocycles. The van der Waals surface area contributed by atoms with E-state index in [0.717, 1.165) is 26.3 Å². The Morgan fingerprint density at radius 1 is 1.24 bits per heavy atom. The third kappa shape index (κ3) is 4.80. The number of nitrogens with one attached hydrogen (secondary N) is 1. The van der Waals surface area contributed by atoms with Crippen LogP contribution < -0.4 is 5.32 Å². The Bertz CT molecular complexity index is 389. The van der Waals surface area contributed by atoms with Crippen LogP contribution in [0.3, 0.4) is 0 Å². The second kappa shape index (κ2) is 8.52. The highest BCUT2D eigenvalue weighted by atomic mass is 16.5. The maximum absolute atomic E-state index is 5.47. The van der Waals surface area contributed by atoms with Crippen molar-refractivity contribution in [3.05, 3.63) is 35.9 Å². The van der Waals surface area contributed by atoms with Crippen LogP contribution in [0, 0.1) is 5.92 Å². The molecule has 1 fully saturated rings. The summed E-state index contributed by atoms with van der Waals surface area (Å²) in [6, 6.07) is 11.9. The van der Waals surface area contributed by atoms with Crippen LogP contribution in [-0.4, -0.2) is 44.3 Å². The van der Waals surface area contributed by atoms with Crippen molar-refractivity contribution < 1.29 is 4.74 Å². The van der Waals surface area contributed by atoms with Crippen LogP contribution in [0.25, 0.3) is 0 Å². The van der Waals surface area contributed by atoms with Crippen molar-refractivity contribution in [1.29, 1.82) is 0 Å². The van der Waals surface area contributed by atoms with E-state index in [9.17, 15) is 0 Å². The molecule has 1 aliphatic rings. The summed E-state index contributed by atoms with van der Waals surface area (Å²) in [4.78, 5) is 2.53. The molecule has 0 amide bonds. The summed E-state index contributed by atoms with van der Waals surface area (Å²) in [5, 5.41) is 3.66. The molecule has 21 heavy (non-hydrogen) atoms. The highest BCUT2D eigenvalue weighted by molar-refractivity contribution is 5.19. The van der Waals surface area contributed by atoms with Gasteiger partial charge in [-0.1, -0.05) is 44.2 Å². The van der Waals surface area contributed by atoms with Crippen molar-refractivity contribution in [2.75, 3.05) is 33.4 Å². The number of ether oxygens (including phenoxy) is 1. The van der Waals surface area contributed by atoms with E-state index in [1.54, 1.807) is 0 Å². The van der Waals surface area contributed by atoms with Crippen molar-refractivity contribution >= 4 is 0 Å². The molecular weight excluding hydrogens is 260 g/mol. The molecule has 118 valence electrons. The normalized spacial score (nSPS) is 19.6. The van der Waals surface area contributed by atoms with E-state index in [1.165, 1.54) is 18.4 Å². The molecule has 0 saturated carbocycles. The molecule has 2 atom stereocenters. The lowest BCUT2D eigenvalue weighted by molar-refractivity contribution is 0.0371. The molecule has 0 spiro atoms. The van der Waals surface area contributed by atoms with Gasteiger partial charge in [0, 0.05) is 31.8 Å². The summed E-state index contributed by atoms with van der Waals surface area (Å²) in [5.41, 5.74) is 1.40. The Labute approximate surface area is 129 Å². The van der Waals surface area contributed by atoms with Gasteiger partial charge < -0.3 is 15.0 Å². The molecule has 3 nitrogen and oxygen atoms in total. The molecule has 1 aromatic rings. The fourth-order valence-corrected chi connectivity index (χ4v) is 3.36. The monoisotopic (exact) mass is 290 g/mol. The predicted molar refractivity (Wildman–Crippen MR) is 88.5 cm³/mol. The molecule has 2 rings (SSSR count). The van der Waals surface area contributed by atoms with Gasteiger partial charge in [0.25, 0.3) is 0 Å². The van der Waals surface area contributed by atoms with Gasteiger partial charge in [-0.25, -0.2) is 0 Å². The molecule has 1 heterocycles. The van der Waals surface area contributed by atoms with E-state index in [0.29, 0.717) is 18.0 Å². The number of rotatable bonds is 7. The van der Waals surface area contributed by atoms with Gasteiger partial charge in [0.1, 0.15) is 0 Å². The van der Waals surface area contributed by atoms with Gasteiger partial charge in [-0.3, -0.25) is 0 Å². The zero-order valence-corrected chi connectivity index (χ0v) is 13.7. The Kier molecular flexibility index (Phi) is 6.68. The Morgan fingerprint density at radius 2 is 1.90 bits per heavy atom. The molecule has 1 aliphatic heterocycles. The van der Waals surface area contributed by atoms with Crippen LogP contribution in [-0.2, 0) is 4.74 Å². The zero-order chi connectivity index (χ0) is 15.1. The molecule has 0 radical (unpaired) electrons. The maximum Gasteiger partial charge on any atom is 0.0480 e. The summed E-state index contributed by atoms with van der Waals surface area (Å²) in [5.74, 6) is 0.584. The highest BCUT2D eigenvalue weighted by Crippen LogP contribution is 2.24.